The van der Waals surface area contributed by atoms with Crippen molar-refractivity contribution in [3.8, 4) is 0 Å². The fraction of sp³-hybridized carbons (Fsp3) is 0.667. The van der Waals surface area contributed by atoms with Crippen molar-refractivity contribution in [3.63, 3.8) is 0 Å². The van der Waals surface area contributed by atoms with Gasteiger partial charge in [0.05, 0.1) is 5.69 Å². The fourth-order valence-corrected chi connectivity index (χ4v) is 2.01. The topological polar surface area (TPSA) is 33.1 Å². The van der Waals surface area contributed by atoms with Gasteiger partial charge in [-0.1, -0.05) is 0 Å². The number of aryl methyl sites for hydroxylation is 2. The van der Waals surface area contributed by atoms with Crippen molar-refractivity contribution in [2.75, 3.05) is 7.05 Å². The van der Waals surface area contributed by atoms with Gasteiger partial charge in [-0.05, 0) is 39.9 Å². The Kier molecular flexibility index (Phi) is 4.51. The van der Waals surface area contributed by atoms with Gasteiger partial charge in [0, 0.05) is 37.9 Å². The molecule has 0 bridgehead atoms. The Morgan fingerprint density at radius 2 is 2.06 bits per heavy atom. The summed E-state index contributed by atoms with van der Waals surface area (Å²) >= 11 is 5.33. The lowest BCUT2D eigenvalue weighted by Crippen LogP contribution is -2.40. The van der Waals surface area contributed by atoms with Crippen molar-refractivity contribution < 1.29 is 0 Å². The molecule has 17 heavy (non-hydrogen) atoms. The normalized spacial score (nSPS) is 10.8. The van der Waals surface area contributed by atoms with Crippen LogP contribution in [-0.4, -0.2) is 32.9 Å². The van der Waals surface area contributed by atoms with E-state index in [2.05, 4.69) is 31.2 Å². The molecule has 0 atom stereocenters. The lowest BCUT2D eigenvalue weighted by atomic mass is 10.2. The Bertz CT molecular complexity index is 409. The van der Waals surface area contributed by atoms with E-state index in [1.54, 1.807) is 0 Å². The maximum Gasteiger partial charge on any atom is 0.169 e. The van der Waals surface area contributed by atoms with Gasteiger partial charge in [0.25, 0.3) is 0 Å². The van der Waals surface area contributed by atoms with Crippen molar-refractivity contribution >= 4 is 17.3 Å². The van der Waals surface area contributed by atoms with E-state index in [0.29, 0.717) is 6.04 Å². The van der Waals surface area contributed by atoms with E-state index in [0.717, 1.165) is 17.4 Å². The van der Waals surface area contributed by atoms with Gasteiger partial charge in [-0.25, -0.2) is 0 Å². The molecule has 1 N–H and O–H groups in total. The third-order valence-corrected chi connectivity index (χ3v) is 3.24. The predicted molar refractivity (Wildman–Crippen MR) is 75.0 cm³/mol. The van der Waals surface area contributed by atoms with Crippen LogP contribution in [0.25, 0.3) is 0 Å². The summed E-state index contributed by atoms with van der Waals surface area (Å²) in [7, 11) is 3.97. The minimum absolute atomic E-state index is 0.362. The molecule has 0 aliphatic carbocycles. The quantitative estimate of drug-likeness (QED) is 0.833. The number of nitrogens with one attached hydrogen (secondary N) is 1. The Morgan fingerprint density at radius 1 is 1.47 bits per heavy atom. The minimum Gasteiger partial charge on any atom is -0.360 e. The maximum absolute atomic E-state index is 5.33. The van der Waals surface area contributed by atoms with E-state index in [-0.39, 0.29) is 0 Å². The number of hydrogen-bond acceptors (Lipinski definition) is 2. The van der Waals surface area contributed by atoms with Crippen LogP contribution >= 0.6 is 12.2 Å². The average molecular weight is 254 g/mol. The molecule has 0 aromatic carbocycles. The zero-order chi connectivity index (χ0) is 13.2. The van der Waals surface area contributed by atoms with E-state index >= 15 is 0 Å². The molecule has 0 radical (unpaired) electrons. The van der Waals surface area contributed by atoms with Gasteiger partial charge in [-0.3, -0.25) is 4.68 Å². The van der Waals surface area contributed by atoms with E-state index in [4.69, 9.17) is 12.2 Å². The highest BCUT2D eigenvalue weighted by molar-refractivity contribution is 7.80. The van der Waals surface area contributed by atoms with Gasteiger partial charge in [0.1, 0.15) is 0 Å². The van der Waals surface area contributed by atoms with E-state index in [9.17, 15) is 0 Å². The first-order chi connectivity index (χ1) is 7.82. The highest BCUT2D eigenvalue weighted by Crippen LogP contribution is 2.13. The minimum atomic E-state index is 0.362. The van der Waals surface area contributed by atoms with Crippen LogP contribution in [0.5, 0.6) is 0 Å². The lowest BCUT2D eigenvalue weighted by Gasteiger charge is -2.23. The van der Waals surface area contributed by atoms with Crippen LogP contribution in [0.2, 0.25) is 0 Å². The second-order valence-corrected chi connectivity index (χ2v) is 5.12. The predicted octanol–water partition coefficient (Wildman–Crippen LogP) is 1.75. The molecule has 5 heteroatoms. The molecule has 1 heterocycles. The number of aromatic nitrogens is 2. The second-order valence-electron chi connectivity index (χ2n) is 4.73. The summed E-state index contributed by atoms with van der Waals surface area (Å²) in [6.07, 6.45) is 0. The van der Waals surface area contributed by atoms with E-state index < -0.39 is 0 Å². The molecule has 1 aromatic rings. The molecule has 96 valence electrons. The van der Waals surface area contributed by atoms with Gasteiger partial charge in [0.15, 0.2) is 5.11 Å². The molecule has 0 fully saturated rings. The van der Waals surface area contributed by atoms with Crippen LogP contribution in [0.1, 0.15) is 30.8 Å². The standard InChI is InChI=1S/C12H22N4S/c1-8(2)13-12(17)15(5)7-11-9(3)14-16(6)10(11)4/h8H,7H2,1-6H3,(H,13,17). The molecule has 0 amide bonds. The molecular formula is C12H22N4S. The number of thiocarbonyl (C=S) groups is 1. The number of rotatable bonds is 3. The smallest absolute Gasteiger partial charge is 0.169 e. The first-order valence-corrected chi connectivity index (χ1v) is 6.24. The van der Waals surface area contributed by atoms with E-state index in [1.807, 2.05) is 30.6 Å². The molecule has 0 spiro atoms. The molecule has 4 nitrogen and oxygen atoms in total. The van der Waals surface area contributed by atoms with Gasteiger partial charge < -0.3 is 10.2 Å². The van der Waals surface area contributed by atoms with Crippen molar-refractivity contribution in [2.24, 2.45) is 7.05 Å². The Labute approximate surface area is 109 Å². The summed E-state index contributed by atoms with van der Waals surface area (Å²) in [6, 6.07) is 0.362. The van der Waals surface area contributed by atoms with Gasteiger partial charge in [0.2, 0.25) is 0 Å². The van der Waals surface area contributed by atoms with Crippen molar-refractivity contribution in [3.05, 3.63) is 17.0 Å². The third kappa shape index (κ3) is 3.43. The Morgan fingerprint density at radius 3 is 2.47 bits per heavy atom. The van der Waals surface area contributed by atoms with Crippen LogP contribution in [0.3, 0.4) is 0 Å². The molecular weight excluding hydrogens is 232 g/mol. The van der Waals surface area contributed by atoms with Gasteiger partial charge >= 0.3 is 0 Å². The molecule has 0 unspecified atom stereocenters. The summed E-state index contributed by atoms with van der Waals surface area (Å²) in [5.74, 6) is 0. The summed E-state index contributed by atoms with van der Waals surface area (Å²) in [5, 5.41) is 8.43. The van der Waals surface area contributed by atoms with Crippen LogP contribution in [0.15, 0.2) is 0 Å². The Hall–Kier alpha value is -1.10. The largest absolute Gasteiger partial charge is 0.360 e. The third-order valence-electron chi connectivity index (χ3n) is 2.81. The van der Waals surface area contributed by atoms with Crippen molar-refractivity contribution in [1.82, 2.24) is 20.0 Å². The zero-order valence-electron chi connectivity index (χ0n) is 11.5. The molecule has 0 aliphatic heterocycles. The summed E-state index contributed by atoms with van der Waals surface area (Å²) in [4.78, 5) is 2.05. The Balaban J connectivity index is 2.74. The second kappa shape index (κ2) is 5.49. The van der Waals surface area contributed by atoms with Crippen LogP contribution in [0, 0.1) is 13.8 Å². The van der Waals surface area contributed by atoms with Gasteiger partial charge in [-0.15, -0.1) is 0 Å². The molecule has 0 saturated heterocycles. The zero-order valence-corrected chi connectivity index (χ0v) is 12.4. The van der Waals surface area contributed by atoms with Crippen molar-refractivity contribution in [2.45, 2.75) is 40.3 Å². The first kappa shape index (κ1) is 14.0. The van der Waals surface area contributed by atoms with Gasteiger partial charge in [-0.2, -0.15) is 5.10 Å². The van der Waals surface area contributed by atoms with Crippen LogP contribution in [0.4, 0.5) is 0 Å². The lowest BCUT2D eigenvalue weighted by molar-refractivity contribution is 0.478. The summed E-state index contributed by atoms with van der Waals surface area (Å²) < 4.78 is 1.91. The monoisotopic (exact) mass is 254 g/mol. The molecule has 1 aromatic heterocycles. The highest BCUT2D eigenvalue weighted by Gasteiger charge is 2.13. The maximum atomic E-state index is 5.33. The highest BCUT2D eigenvalue weighted by atomic mass is 32.1. The first-order valence-electron chi connectivity index (χ1n) is 5.83. The fourth-order valence-electron chi connectivity index (χ4n) is 1.71. The molecule has 0 aliphatic rings. The van der Waals surface area contributed by atoms with Crippen LogP contribution < -0.4 is 5.32 Å². The summed E-state index contributed by atoms with van der Waals surface area (Å²) in [5.41, 5.74) is 3.52. The van der Waals surface area contributed by atoms with Crippen molar-refractivity contribution in [1.29, 1.82) is 0 Å². The number of hydrogen-bond donors (Lipinski definition) is 1. The van der Waals surface area contributed by atoms with E-state index in [1.165, 1.54) is 11.3 Å². The summed E-state index contributed by atoms with van der Waals surface area (Å²) in [6.45, 7) is 9.09. The molecule has 1 rings (SSSR count). The van der Waals surface area contributed by atoms with Crippen LogP contribution in [-0.2, 0) is 13.6 Å². The molecule has 0 saturated carbocycles. The average Bonchev–Trinajstić information content (AvgIpc) is 2.44. The number of nitrogens with zero attached hydrogens (tertiary/aromatic N) is 3. The SMILES string of the molecule is Cc1nn(C)c(C)c1CN(C)C(=S)NC(C)C.